The lowest BCUT2D eigenvalue weighted by Crippen LogP contribution is -2.02. The third-order valence-electron chi connectivity index (χ3n) is 3.08. The molecule has 0 aliphatic heterocycles. The van der Waals surface area contributed by atoms with Crippen molar-refractivity contribution in [3.63, 3.8) is 0 Å². The van der Waals surface area contributed by atoms with Crippen LogP contribution in [-0.4, -0.2) is 15.2 Å². The van der Waals surface area contributed by atoms with Crippen LogP contribution in [0.1, 0.15) is 0 Å². The number of aromatic nitrogens is 3. The number of halogens is 2. The first-order valence-electron chi connectivity index (χ1n) is 6.05. The number of nitrogens with zero attached hydrogens (tertiary/aromatic N) is 1. The van der Waals surface area contributed by atoms with Crippen molar-refractivity contribution >= 4 is 17.4 Å². The van der Waals surface area contributed by atoms with Crippen molar-refractivity contribution < 1.29 is 4.39 Å². The van der Waals surface area contributed by atoms with E-state index in [1.807, 2.05) is 0 Å². The maximum absolute atomic E-state index is 14.2. The number of aromatic amines is 2. The Bertz CT molecular complexity index is 871. The van der Waals surface area contributed by atoms with E-state index in [9.17, 15) is 9.18 Å². The van der Waals surface area contributed by atoms with Crippen molar-refractivity contribution in [3.05, 3.63) is 57.7 Å². The molecule has 5 nitrogen and oxygen atoms in total. The van der Waals surface area contributed by atoms with Gasteiger partial charge in [0, 0.05) is 23.4 Å². The molecular weight excluding hydrogens is 295 g/mol. The monoisotopic (exact) mass is 304 g/mol. The van der Waals surface area contributed by atoms with Crippen molar-refractivity contribution in [1.29, 1.82) is 0 Å². The smallest absolute Gasteiger partial charge is 0.248 e. The molecule has 0 unspecified atom stereocenters. The zero-order chi connectivity index (χ0) is 15.0. The van der Waals surface area contributed by atoms with Crippen molar-refractivity contribution in [3.8, 4) is 22.4 Å². The predicted molar refractivity (Wildman–Crippen MR) is 79.5 cm³/mol. The summed E-state index contributed by atoms with van der Waals surface area (Å²) in [4.78, 5) is 13.9. The molecule has 0 atom stereocenters. The number of nitrogen functional groups attached to an aromatic ring is 1. The maximum Gasteiger partial charge on any atom is 0.248 e. The summed E-state index contributed by atoms with van der Waals surface area (Å²) in [5, 5.41) is 6.62. The molecule has 0 aliphatic rings. The van der Waals surface area contributed by atoms with E-state index < -0.39 is 5.82 Å². The SMILES string of the molecule is Nc1n[nH]c(-c2cc[nH]c(=O)c2)c1-c1cccc(Cl)c1F. The third-order valence-corrected chi connectivity index (χ3v) is 3.37. The third kappa shape index (κ3) is 2.30. The first-order valence-corrected chi connectivity index (χ1v) is 6.43. The Kier molecular flexibility index (Phi) is 3.23. The summed E-state index contributed by atoms with van der Waals surface area (Å²) in [5.74, 6) is -0.454. The van der Waals surface area contributed by atoms with Crippen LogP contribution >= 0.6 is 11.6 Å². The lowest BCUT2D eigenvalue weighted by atomic mass is 10.0. The Hall–Kier alpha value is -2.60. The second-order valence-corrected chi connectivity index (χ2v) is 4.81. The van der Waals surface area contributed by atoms with Crippen molar-refractivity contribution in [2.75, 3.05) is 5.73 Å². The summed E-state index contributed by atoms with van der Waals surface area (Å²) in [7, 11) is 0. The Balaban J connectivity index is 2.27. The van der Waals surface area contributed by atoms with Gasteiger partial charge in [-0.2, -0.15) is 5.10 Å². The Morgan fingerprint density at radius 3 is 2.86 bits per heavy atom. The second-order valence-electron chi connectivity index (χ2n) is 4.40. The maximum atomic E-state index is 14.2. The minimum atomic E-state index is -0.585. The standard InChI is InChI=1S/C14H10ClFN4O/c15-9-3-1-2-8(12(9)16)11-13(19-20-14(11)17)7-4-5-18-10(21)6-7/h1-6H,(H,18,21)(H3,17,19,20). The van der Waals surface area contributed by atoms with Gasteiger partial charge in [-0.15, -0.1) is 0 Å². The number of anilines is 1. The fourth-order valence-electron chi connectivity index (χ4n) is 2.13. The van der Waals surface area contributed by atoms with Gasteiger partial charge in [-0.25, -0.2) is 4.39 Å². The van der Waals surface area contributed by atoms with Crippen LogP contribution in [0.4, 0.5) is 10.2 Å². The zero-order valence-electron chi connectivity index (χ0n) is 10.7. The number of hydrogen-bond donors (Lipinski definition) is 3. The molecule has 2 aromatic heterocycles. The molecule has 2 heterocycles. The van der Waals surface area contributed by atoms with Gasteiger partial charge in [0.1, 0.15) is 5.82 Å². The van der Waals surface area contributed by atoms with E-state index in [2.05, 4.69) is 15.2 Å². The highest BCUT2D eigenvalue weighted by molar-refractivity contribution is 6.31. The van der Waals surface area contributed by atoms with E-state index in [4.69, 9.17) is 17.3 Å². The molecule has 0 saturated carbocycles. The Morgan fingerprint density at radius 2 is 2.10 bits per heavy atom. The molecule has 0 amide bonds. The molecule has 106 valence electrons. The Morgan fingerprint density at radius 1 is 1.29 bits per heavy atom. The van der Waals surface area contributed by atoms with Gasteiger partial charge in [0.15, 0.2) is 5.82 Å². The van der Waals surface area contributed by atoms with E-state index in [1.165, 1.54) is 18.3 Å². The fourth-order valence-corrected chi connectivity index (χ4v) is 2.31. The van der Waals surface area contributed by atoms with Gasteiger partial charge in [0.2, 0.25) is 5.56 Å². The van der Waals surface area contributed by atoms with Crippen molar-refractivity contribution in [2.45, 2.75) is 0 Å². The fraction of sp³-hybridized carbons (Fsp3) is 0. The van der Waals surface area contributed by atoms with E-state index >= 15 is 0 Å². The van der Waals surface area contributed by atoms with Crippen LogP contribution in [0.2, 0.25) is 5.02 Å². The second kappa shape index (κ2) is 5.06. The van der Waals surface area contributed by atoms with Crippen LogP contribution in [0.5, 0.6) is 0 Å². The molecule has 0 radical (unpaired) electrons. The highest BCUT2D eigenvalue weighted by Gasteiger charge is 2.19. The van der Waals surface area contributed by atoms with Crippen LogP contribution < -0.4 is 11.3 Å². The summed E-state index contributed by atoms with van der Waals surface area (Å²) in [6.07, 6.45) is 1.49. The number of H-pyrrole nitrogens is 2. The average Bonchev–Trinajstić information content (AvgIpc) is 2.84. The van der Waals surface area contributed by atoms with Crippen LogP contribution in [-0.2, 0) is 0 Å². The molecule has 0 aliphatic carbocycles. The summed E-state index contributed by atoms with van der Waals surface area (Å²) in [6, 6.07) is 7.66. The zero-order valence-corrected chi connectivity index (χ0v) is 11.4. The molecule has 3 rings (SSSR count). The highest BCUT2D eigenvalue weighted by atomic mass is 35.5. The van der Waals surface area contributed by atoms with Crippen molar-refractivity contribution in [1.82, 2.24) is 15.2 Å². The van der Waals surface area contributed by atoms with E-state index in [1.54, 1.807) is 18.2 Å². The Labute approximate surface area is 123 Å². The predicted octanol–water partition coefficient (Wildman–Crippen LogP) is 2.81. The summed E-state index contributed by atoms with van der Waals surface area (Å²) < 4.78 is 14.2. The van der Waals surface area contributed by atoms with E-state index in [0.29, 0.717) is 16.8 Å². The lowest BCUT2D eigenvalue weighted by molar-refractivity contribution is 0.632. The number of rotatable bonds is 2. The molecule has 4 N–H and O–H groups in total. The number of nitrogens with one attached hydrogen (secondary N) is 2. The van der Waals surface area contributed by atoms with Gasteiger partial charge in [-0.1, -0.05) is 23.7 Å². The quantitative estimate of drug-likeness (QED) is 0.680. The van der Waals surface area contributed by atoms with Crippen LogP contribution in [0.3, 0.4) is 0 Å². The molecule has 3 aromatic rings. The highest BCUT2D eigenvalue weighted by Crippen LogP contribution is 2.37. The number of hydrogen-bond acceptors (Lipinski definition) is 3. The first-order chi connectivity index (χ1) is 10.1. The van der Waals surface area contributed by atoms with Gasteiger partial charge in [-0.05, 0) is 12.1 Å². The summed E-state index contributed by atoms with van der Waals surface area (Å²) >= 11 is 5.81. The van der Waals surface area contributed by atoms with E-state index in [-0.39, 0.29) is 22.0 Å². The normalized spacial score (nSPS) is 10.8. The average molecular weight is 305 g/mol. The van der Waals surface area contributed by atoms with Gasteiger partial charge in [-0.3, -0.25) is 9.89 Å². The summed E-state index contributed by atoms with van der Waals surface area (Å²) in [5.41, 5.74) is 7.16. The summed E-state index contributed by atoms with van der Waals surface area (Å²) in [6.45, 7) is 0. The molecule has 1 aromatic carbocycles. The number of benzene rings is 1. The molecular formula is C14H10ClFN4O. The first kappa shape index (κ1) is 13.4. The van der Waals surface area contributed by atoms with Gasteiger partial charge in [0.25, 0.3) is 0 Å². The van der Waals surface area contributed by atoms with Crippen LogP contribution in [0, 0.1) is 5.82 Å². The number of nitrogens with two attached hydrogens (primary N) is 1. The van der Waals surface area contributed by atoms with Gasteiger partial charge in [0.05, 0.1) is 16.3 Å². The number of pyridine rings is 1. The lowest BCUT2D eigenvalue weighted by Gasteiger charge is -2.06. The minimum absolute atomic E-state index is 0.00930. The van der Waals surface area contributed by atoms with Crippen molar-refractivity contribution in [2.24, 2.45) is 0 Å². The van der Waals surface area contributed by atoms with Gasteiger partial charge < -0.3 is 10.7 Å². The van der Waals surface area contributed by atoms with Gasteiger partial charge >= 0.3 is 0 Å². The molecule has 21 heavy (non-hydrogen) atoms. The molecule has 7 heteroatoms. The molecule has 0 saturated heterocycles. The van der Waals surface area contributed by atoms with Crippen LogP contribution in [0.15, 0.2) is 41.3 Å². The van der Waals surface area contributed by atoms with Crippen LogP contribution in [0.25, 0.3) is 22.4 Å². The largest absolute Gasteiger partial charge is 0.382 e. The minimum Gasteiger partial charge on any atom is -0.382 e. The van der Waals surface area contributed by atoms with E-state index in [0.717, 1.165) is 0 Å². The topological polar surface area (TPSA) is 87.6 Å². The molecule has 0 fully saturated rings. The molecule has 0 spiro atoms. The molecule has 0 bridgehead atoms.